The first-order chi connectivity index (χ1) is 15.1. The van der Waals surface area contributed by atoms with Gasteiger partial charge in [-0.15, -0.1) is 0 Å². The van der Waals surface area contributed by atoms with Crippen LogP contribution < -0.4 is 5.32 Å². The number of hydrogen-bond donors (Lipinski definition) is 1. The van der Waals surface area contributed by atoms with E-state index in [0.29, 0.717) is 25.0 Å². The minimum atomic E-state index is 0.0374. The number of carbonyl (C=O) groups is 1. The smallest absolute Gasteiger partial charge is 0.238 e. The molecule has 2 aliphatic carbocycles. The zero-order valence-corrected chi connectivity index (χ0v) is 18.4. The van der Waals surface area contributed by atoms with E-state index in [1.54, 1.807) is 0 Å². The second kappa shape index (κ2) is 9.15. The fourth-order valence-corrected chi connectivity index (χ4v) is 4.45. The summed E-state index contributed by atoms with van der Waals surface area (Å²) in [6, 6.07) is 12.9. The fraction of sp³-hybridized carbons (Fsp3) is 0.560. The molecule has 3 aliphatic rings. The lowest BCUT2D eigenvalue weighted by molar-refractivity contribution is -0.117. The van der Waals surface area contributed by atoms with E-state index in [4.69, 9.17) is 9.15 Å². The molecular weight excluding hydrogens is 390 g/mol. The van der Waals surface area contributed by atoms with Crippen molar-refractivity contribution in [3.8, 4) is 0 Å². The van der Waals surface area contributed by atoms with Crippen molar-refractivity contribution in [1.29, 1.82) is 0 Å². The van der Waals surface area contributed by atoms with Crippen molar-refractivity contribution >= 4 is 11.6 Å². The van der Waals surface area contributed by atoms with E-state index in [1.165, 1.54) is 12.0 Å². The zero-order chi connectivity index (χ0) is 21.2. The number of nitrogens with zero attached hydrogens (tertiary/aromatic N) is 2. The second-order valence-electron chi connectivity index (χ2n) is 9.39. The molecule has 0 spiro atoms. The van der Waals surface area contributed by atoms with Crippen LogP contribution in [0.5, 0.6) is 0 Å². The molecule has 1 saturated heterocycles. The first-order valence-electron chi connectivity index (χ1n) is 11.7. The van der Waals surface area contributed by atoms with E-state index in [1.807, 2.05) is 12.1 Å². The third-order valence-electron chi connectivity index (χ3n) is 6.67. The second-order valence-corrected chi connectivity index (χ2v) is 9.39. The molecule has 0 bridgehead atoms. The van der Waals surface area contributed by atoms with Crippen LogP contribution in [0.25, 0.3) is 0 Å². The van der Waals surface area contributed by atoms with Crippen molar-refractivity contribution < 1.29 is 13.9 Å². The number of anilines is 1. The number of ether oxygens (including phenoxy) is 1. The first-order valence-corrected chi connectivity index (χ1v) is 11.7. The van der Waals surface area contributed by atoms with Gasteiger partial charge in [-0.3, -0.25) is 14.6 Å². The van der Waals surface area contributed by atoms with E-state index < -0.39 is 0 Å². The SMILES string of the molecule is CC1CC1c1ccc(CN(CC(=O)Nc2ccc(CN3CCOCC3)cc2)C2CC2)o1. The van der Waals surface area contributed by atoms with Gasteiger partial charge in [0.2, 0.25) is 5.91 Å². The van der Waals surface area contributed by atoms with Gasteiger partial charge >= 0.3 is 0 Å². The van der Waals surface area contributed by atoms with Gasteiger partial charge in [-0.05, 0) is 55.0 Å². The van der Waals surface area contributed by atoms with Crippen LogP contribution in [0, 0.1) is 5.92 Å². The predicted molar refractivity (Wildman–Crippen MR) is 120 cm³/mol. The van der Waals surface area contributed by atoms with Crippen LogP contribution in [-0.4, -0.2) is 54.6 Å². The third-order valence-corrected chi connectivity index (χ3v) is 6.67. The van der Waals surface area contributed by atoms with E-state index in [0.717, 1.165) is 68.8 Å². The summed E-state index contributed by atoms with van der Waals surface area (Å²) in [5, 5.41) is 3.07. The van der Waals surface area contributed by atoms with Crippen LogP contribution in [0.15, 0.2) is 40.8 Å². The highest BCUT2D eigenvalue weighted by Gasteiger charge is 2.37. The van der Waals surface area contributed by atoms with Gasteiger partial charge in [0, 0.05) is 37.3 Å². The molecule has 31 heavy (non-hydrogen) atoms. The molecule has 6 nitrogen and oxygen atoms in total. The van der Waals surface area contributed by atoms with E-state index >= 15 is 0 Å². The molecule has 0 radical (unpaired) electrons. The Bertz CT molecular complexity index is 884. The molecule has 1 amide bonds. The van der Waals surface area contributed by atoms with Gasteiger partial charge in [-0.25, -0.2) is 0 Å². The third kappa shape index (κ3) is 5.56. The van der Waals surface area contributed by atoms with Crippen molar-refractivity contribution in [3.63, 3.8) is 0 Å². The molecule has 2 heterocycles. The van der Waals surface area contributed by atoms with Gasteiger partial charge in [0.15, 0.2) is 0 Å². The maximum atomic E-state index is 12.7. The molecule has 1 aromatic heterocycles. The summed E-state index contributed by atoms with van der Waals surface area (Å²) in [6.45, 7) is 7.88. The predicted octanol–water partition coefficient (Wildman–Crippen LogP) is 3.84. The quantitative estimate of drug-likeness (QED) is 0.664. The molecule has 6 heteroatoms. The maximum absolute atomic E-state index is 12.7. The van der Waals surface area contributed by atoms with Gasteiger partial charge in [0.05, 0.1) is 26.3 Å². The largest absolute Gasteiger partial charge is 0.464 e. The van der Waals surface area contributed by atoms with E-state index in [-0.39, 0.29) is 5.91 Å². The van der Waals surface area contributed by atoms with Crippen molar-refractivity contribution in [2.24, 2.45) is 5.92 Å². The van der Waals surface area contributed by atoms with E-state index in [2.05, 4.69) is 46.3 Å². The minimum Gasteiger partial charge on any atom is -0.464 e. The number of morpholine rings is 1. The van der Waals surface area contributed by atoms with Crippen LogP contribution in [0.3, 0.4) is 0 Å². The van der Waals surface area contributed by atoms with Crippen LogP contribution >= 0.6 is 0 Å². The van der Waals surface area contributed by atoms with Gasteiger partial charge in [0.25, 0.3) is 0 Å². The van der Waals surface area contributed by atoms with E-state index in [9.17, 15) is 4.79 Å². The van der Waals surface area contributed by atoms with Crippen molar-refractivity contribution in [2.75, 3.05) is 38.2 Å². The normalized spacial score (nSPS) is 23.8. The summed E-state index contributed by atoms with van der Waals surface area (Å²) in [5.41, 5.74) is 2.12. The lowest BCUT2D eigenvalue weighted by atomic mass is 10.2. The Balaban J connectivity index is 1.12. The number of hydrogen-bond acceptors (Lipinski definition) is 5. The van der Waals surface area contributed by atoms with Crippen molar-refractivity contribution in [3.05, 3.63) is 53.5 Å². The highest BCUT2D eigenvalue weighted by atomic mass is 16.5. The Morgan fingerprint density at radius 3 is 2.55 bits per heavy atom. The Hall–Kier alpha value is -2.15. The molecule has 2 saturated carbocycles. The van der Waals surface area contributed by atoms with Crippen LogP contribution in [0.2, 0.25) is 0 Å². The topological polar surface area (TPSA) is 58.0 Å². The number of rotatable bonds is 9. The van der Waals surface area contributed by atoms with Gasteiger partial charge in [-0.2, -0.15) is 0 Å². The molecule has 2 atom stereocenters. The number of amides is 1. The molecule has 1 N–H and O–H groups in total. The molecule has 2 unspecified atom stereocenters. The Morgan fingerprint density at radius 1 is 1.13 bits per heavy atom. The van der Waals surface area contributed by atoms with Crippen molar-refractivity contribution in [2.45, 2.75) is 51.2 Å². The summed E-state index contributed by atoms with van der Waals surface area (Å²) < 4.78 is 11.5. The fourth-order valence-electron chi connectivity index (χ4n) is 4.45. The van der Waals surface area contributed by atoms with Gasteiger partial charge in [0.1, 0.15) is 11.5 Å². The zero-order valence-electron chi connectivity index (χ0n) is 18.4. The average Bonchev–Trinajstić information content (AvgIpc) is 3.69. The summed E-state index contributed by atoms with van der Waals surface area (Å²) in [5.74, 6) is 3.46. The molecule has 1 aromatic carbocycles. The van der Waals surface area contributed by atoms with Crippen molar-refractivity contribution in [1.82, 2.24) is 9.80 Å². The van der Waals surface area contributed by atoms with Gasteiger partial charge in [-0.1, -0.05) is 19.1 Å². The minimum absolute atomic E-state index is 0.0374. The summed E-state index contributed by atoms with van der Waals surface area (Å²) in [7, 11) is 0. The first kappa shape index (κ1) is 20.7. The molecule has 1 aliphatic heterocycles. The Kier molecular flexibility index (Phi) is 6.12. The summed E-state index contributed by atoms with van der Waals surface area (Å²) in [6.07, 6.45) is 3.56. The molecular formula is C25H33N3O3. The maximum Gasteiger partial charge on any atom is 0.238 e. The molecule has 2 aromatic rings. The molecule has 3 fully saturated rings. The lowest BCUT2D eigenvalue weighted by Gasteiger charge is -2.26. The monoisotopic (exact) mass is 423 g/mol. The Labute approximate surface area is 184 Å². The number of nitrogens with one attached hydrogen (secondary N) is 1. The summed E-state index contributed by atoms with van der Waals surface area (Å²) >= 11 is 0. The number of benzene rings is 1. The van der Waals surface area contributed by atoms with Crippen LogP contribution in [0.4, 0.5) is 5.69 Å². The lowest BCUT2D eigenvalue weighted by Crippen LogP contribution is -2.35. The summed E-state index contributed by atoms with van der Waals surface area (Å²) in [4.78, 5) is 17.4. The number of furan rings is 1. The Morgan fingerprint density at radius 2 is 1.87 bits per heavy atom. The van der Waals surface area contributed by atoms with Gasteiger partial charge < -0.3 is 14.5 Å². The molecule has 5 rings (SSSR count). The van der Waals surface area contributed by atoms with Crippen LogP contribution in [-0.2, 0) is 22.6 Å². The number of carbonyl (C=O) groups excluding carboxylic acids is 1. The van der Waals surface area contributed by atoms with Crippen LogP contribution in [0.1, 0.15) is 49.2 Å². The standard InChI is InChI=1S/C25H33N3O3/c1-18-14-23(18)24-9-8-22(31-24)16-28(21-6-7-21)17-25(29)26-20-4-2-19(3-5-20)15-27-10-12-30-13-11-27/h2-5,8-9,18,21,23H,6-7,10-17H2,1H3,(H,26,29). The average molecular weight is 424 g/mol. The molecule has 166 valence electrons. The highest BCUT2D eigenvalue weighted by molar-refractivity contribution is 5.92. The highest BCUT2D eigenvalue weighted by Crippen LogP contribution is 2.47.